The zero-order chi connectivity index (χ0) is 14.6. The molecule has 3 atom stereocenters. The highest BCUT2D eigenvalue weighted by Crippen LogP contribution is 2.56. The second-order valence-electron chi connectivity index (χ2n) is 5.58. The van der Waals surface area contributed by atoms with Crippen molar-refractivity contribution in [3.8, 4) is 0 Å². The quantitative estimate of drug-likeness (QED) is 0.841. The van der Waals surface area contributed by atoms with Crippen LogP contribution >= 0.6 is 0 Å². The second kappa shape index (κ2) is 4.11. The van der Waals surface area contributed by atoms with Crippen molar-refractivity contribution < 1.29 is 27.9 Å². The fourth-order valence-corrected chi connectivity index (χ4v) is 3.22. The zero-order valence-electron chi connectivity index (χ0n) is 10.7. The lowest BCUT2D eigenvalue weighted by Crippen LogP contribution is -2.61. The molecule has 19 heavy (non-hydrogen) atoms. The Kier molecular flexibility index (Phi) is 3.06. The maximum atomic E-state index is 13.1. The molecule has 0 aromatic heterocycles. The Hall–Kier alpha value is -1.27. The first kappa shape index (κ1) is 14.1. The number of carbonyl (C=O) groups excluding carboxylic acids is 1. The standard InChI is InChI=1S/C12H16F3NO3/c1-6-5-8(17)16(7(2)9(6)10(18)19)11(3-4-11)12(13,14)15/h6-7,9H,3-5H2,1-2H3,(H,18,19). The van der Waals surface area contributed by atoms with E-state index in [-0.39, 0.29) is 19.3 Å². The number of hydrogen-bond acceptors (Lipinski definition) is 2. The minimum atomic E-state index is -4.50. The maximum Gasteiger partial charge on any atom is 0.411 e. The highest BCUT2D eigenvalue weighted by Gasteiger charge is 2.70. The molecule has 0 aromatic carbocycles. The maximum absolute atomic E-state index is 13.1. The van der Waals surface area contributed by atoms with Crippen LogP contribution in [0.25, 0.3) is 0 Å². The van der Waals surface area contributed by atoms with Crippen LogP contribution in [-0.4, -0.2) is 39.6 Å². The Balaban J connectivity index is 2.35. The summed E-state index contributed by atoms with van der Waals surface area (Å²) in [5.74, 6) is -3.12. The third-order valence-electron chi connectivity index (χ3n) is 4.30. The van der Waals surface area contributed by atoms with Crippen LogP contribution in [0, 0.1) is 11.8 Å². The van der Waals surface area contributed by atoms with E-state index in [0.717, 1.165) is 4.90 Å². The fourth-order valence-electron chi connectivity index (χ4n) is 3.22. The van der Waals surface area contributed by atoms with Gasteiger partial charge in [0.2, 0.25) is 5.91 Å². The predicted molar refractivity (Wildman–Crippen MR) is 59.2 cm³/mol. The molecule has 7 heteroatoms. The molecule has 2 fully saturated rings. The van der Waals surface area contributed by atoms with E-state index >= 15 is 0 Å². The molecule has 2 aliphatic rings. The van der Waals surface area contributed by atoms with E-state index in [4.69, 9.17) is 5.11 Å². The third-order valence-corrected chi connectivity index (χ3v) is 4.30. The van der Waals surface area contributed by atoms with Crippen LogP contribution in [0.5, 0.6) is 0 Å². The van der Waals surface area contributed by atoms with Gasteiger partial charge in [-0.05, 0) is 25.7 Å². The molecule has 0 bridgehead atoms. The SMILES string of the molecule is CC1CC(=O)N(C2(C(F)(F)F)CC2)C(C)C1C(=O)O. The summed E-state index contributed by atoms with van der Waals surface area (Å²) >= 11 is 0. The molecule has 1 N–H and O–H groups in total. The van der Waals surface area contributed by atoms with Crippen molar-refractivity contribution in [1.82, 2.24) is 4.90 Å². The van der Waals surface area contributed by atoms with Crippen LogP contribution in [-0.2, 0) is 9.59 Å². The average molecular weight is 279 g/mol. The summed E-state index contributed by atoms with van der Waals surface area (Å²) in [4.78, 5) is 23.9. The number of carbonyl (C=O) groups is 2. The first-order valence-electron chi connectivity index (χ1n) is 6.23. The van der Waals surface area contributed by atoms with Gasteiger partial charge >= 0.3 is 12.1 Å². The summed E-state index contributed by atoms with van der Waals surface area (Å²) in [6, 6.07) is -0.933. The van der Waals surface area contributed by atoms with Gasteiger partial charge in [0.15, 0.2) is 0 Å². The Morgan fingerprint density at radius 1 is 1.37 bits per heavy atom. The molecule has 1 amide bonds. The summed E-state index contributed by atoms with van der Waals surface area (Å²) in [5, 5.41) is 9.15. The van der Waals surface area contributed by atoms with Gasteiger partial charge < -0.3 is 10.0 Å². The number of nitrogens with zero attached hydrogens (tertiary/aromatic N) is 1. The van der Waals surface area contributed by atoms with Gasteiger partial charge in [0.05, 0.1) is 5.92 Å². The van der Waals surface area contributed by atoms with Crippen LogP contribution in [0.15, 0.2) is 0 Å². The van der Waals surface area contributed by atoms with Gasteiger partial charge in [-0.25, -0.2) is 0 Å². The van der Waals surface area contributed by atoms with Crippen molar-refractivity contribution in [2.24, 2.45) is 11.8 Å². The van der Waals surface area contributed by atoms with Crippen LogP contribution in [0.2, 0.25) is 0 Å². The Labute approximate surface area is 108 Å². The molecule has 1 aliphatic heterocycles. The number of carboxylic acids is 1. The predicted octanol–water partition coefficient (Wildman–Crippen LogP) is 2.04. The molecule has 4 nitrogen and oxygen atoms in total. The van der Waals surface area contributed by atoms with E-state index in [9.17, 15) is 22.8 Å². The van der Waals surface area contributed by atoms with Crippen molar-refractivity contribution in [2.45, 2.75) is 50.9 Å². The van der Waals surface area contributed by atoms with Gasteiger partial charge in [-0.15, -0.1) is 0 Å². The van der Waals surface area contributed by atoms with Crippen LogP contribution in [0.3, 0.4) is 0 Å². The number of halogens is 3. The van der Waals surface area contributed by atoms with E-state index in [1.54, 1.807) is 6.92 Å². The number of likely N-dealkylation sites (tertiary alicyclic amines) is 1. The summed E-state index contributed by atoms with van der Waals surface area (Å²) < 4.78 is 39.3. The first-order valence-corrected chi connectivity index (χ1v) is 6.23. The Bertz CT molecular complexity index is 417. The third kappa shape index (κ3) is 1.99. The first-order chi connectivity index (χ1) is 8.62. The number of aliphatic carboxylic acids is 1. The van der Waals surface area contributed by atoms with Gasteiger partial charge in [0.25, 0.3) is 0 Å². The molecule has 108 valence electrons. The minimum absolute atomic E-state index is 0.132. The van der Waals surface area contributed by atoms with Crippen molar-refractivity contribution in [3.63, 3.8) is 0 Å². The van der Waals surface area contributed by atoms with Gasteiger partial charge in [-0.2, -0.15) is 13.2 Å². The Morgan fingerprint density at radius 3 is 2.26 bits per heavy atom. The lowest BCUT2D eigenvalue weighted by molar-refractivity contribution is -0.214. The van der Waals surface area contributed by atoms with Crippen LogP contribution in [0.4, 0.5) is 13.2 Å². The highest BCUT2D eigenvalue weighted by molar-refractivity contribution is 5.83. The highest BCUT2D eigenvalue weighted by atomic mass is 19.4. The number of alkyl halides is 3. The lowest BCUT2D eigenvalue weighted by Gasteiger charge is -2.45. The number of amides is 1. The van der Waals surface area contributed by atoms with Crippen molar-refractivity contribution in [3.05, 3.63) is 0 Å². The van der Waals surface area contributed by atoms with Crippen molar-refractivity contribution >= 4 is 11.9 Å². The lowest BCUT2D eigenvalue weighted by atomic mass is 9.80. The van der Waals surface area contributed by atoms with E-state index < -0.39 is 41.5 Å². The van der Waals surface area contributed by atoms with Crippen molar-refractivity contribution in [1.29, 1.82) is 0 Å². The monoisotopic (exact) mass is 279 g/mol. The summed E-state index contributed by atoms with van der Waals surface area (Å²) in [6.07, 6.45) is -4.90. The molecular weight excluding hydrogens is 263 g/mol. The van der Waals surface area contributed by atoms with Gasteiger partial charge in [-0.3, -0.25) is 9.59 Å². The Morgan fingerprint density at radius 2 is 1.89 bits per heavy atom. The molecule has 1 saturated carbocycles. The molecule has 1 aliphatic carbocycles. The number of carboxylic acid groups (broad SMARTS) is 1. The fraction of sp³-hybridized carbons (Fsp3) is 0.833. The molecule has 0 radical (unpaired) electrons. The normalized spacial score (nSPS) is 34.3. The van der Waals surface area contributed by atoms with E-state index in [1.807, 2.05) is 0 Å². The van der Waals surface area contributed by atoms with E-state index in [1.165, 1.54) is 6.92 Å². The van der Waals surface area contributed by atoms with Crippen LogP contribution < -0.4 is 0 Å². The largest absolute Gasteiger partial charge is 0.481 e. The smallest absolute Gasteiger partial charge is 0.411 e. The summed E-state index contributed by atoms with van der Waals surface area (Å²) in [6.45, 7) is 3.00. The number of piperidine rings is 1. The van der Waals surface area contributed by atoms with E-state index in [0.29, 0.717) is 0 Å². The summed E-state index contributed by atoms with van der Waals surface area (Å²) in [7, 11) is 0. The molecule has 1 heterocycles. The van der Waals surface area contributed by atoms with Gasteiger partial charge in [-0.1, -0.05) is 6.92 Å². The molecule has 2 rings (SSSR count). The second-order valence-corrected chi connectivity index (χ2v) is 5.58. The molecule has 1 saturated heterocycles. The van der Waals surface area contributed by atoms with Crippen LogP contribution in [0.1, 0.15) is 33.1 Å². The van der Waals surface area contributed by atoms with Gasteiger partial charge in [0.1, 0.15) is 5.54 Å². The summed E-state index contributed by atoms with van der Waals surface area (Å²) in [5.41, 5.74) is -2.13. The molecule has 0 aromatic rings. The number of hydrogen-bond donors (Lipinski definition) is 1. The van der Waals surface area contributed by atoms with Crippen molar-refractivity contribution in [2.75, 3.05) is 0 Å². The molecule has 3 unspecified atom stereocenters. The topological polar surface area (TPSA) is 57.6 Å². The molecule has 0 spiro atoms. The molecular formula is C12H16F3NO3. The van der Waals surface area contributed by atoms with E-state index in [2.05, 4.69) is 0 Å². The average Bonchev–Trinajstić information content (AvgIpc) is 2.95. The minimum Gasteiger partial charge on any atom is -0.481 e. The number of rotatable bonds is 2. The zero-order valence-corrected chi connectivity index (χ0v) is 10.7. The van der Waals surface area contributed by atoms with Gasteiger partial charge in [0, 0.05) is 12.5 Å².